The fourth-order valence-electron chi connectivity index (χ4n) is 2.02. The molecule has 0 saturated carbocycles. The number of nitrogens with one attached hydrogen (secondary N) is 1. The third-order valence-corrected chi connectivity index (χ3v) is 3.00. The molecule has 0 amide bonds. The van der Waals surface area contributed by atoms with Crippen LogP contribution in [0, 0.1) is 12.8 Å². The zero-order valence-corrected chi connectivity index (χ0v) is 11.4. The summed E-state index contributed by atoms with van der Waals surface area (Å²) >= 11 is 0. The van der Waals surface area contributed by atoms with E-state index in [0.29, 0.717) is 12.0 Å². The molecule has 3 heteroatoms. The molecule has 0 aromatic carbocycles. The maximum absolute atomic E-state index is 5.15. The summed E-state index contributed by atoms with van der Waals surface area (Å²) in [5, 5.41) is 3.52. The molecule has 1 aromatic rings. The number of ether oxygens (including phenoxy) is 1. The smallest absolute Gasteiger partial charge is 0.0579 e. The quantitative estimate of drug-likeness (QED) is 0.790. The average molecular weight is 236 g/mol. The van der Waals surface area contributed by atoms with E-state index in [9.17, 15) is 0 Å². The van der Waals surface area contributed by atoms with Crippen LogP contribution in [0.1, 0.15) is 37.7 Å². The lowest BCUT2D eigenvalue weighted by Gasteiger charge is -2.24. The van der Waals surface area contributed by atoms with Crippen LogP contribution in [-0.4, -0.2) is 25.2 Å². The fourth-order valence-corrected chi connectivity index (χ4v) is 2.02. The highest BCUT2D eigenvalue weighted by Gasteiger charge is 2.19. The van der Waals surface area contributed by atoms with Gasteiger partial charge in [0.15, 0.2) is 0 Å². The Morgan fingerprint density at radius 2 is 2.18 bits per heavy atom. The van der Waals surface area contributed by atoms with Crippen LogP contribution >= 0.6 is 0 Å². The molecule has 0 fully saturated rings. The van der Waals surface area contributed by atoms with E-state index in [1.165, 1.54) is 0 Å². The predicted octanol–water partition coefficient (Wildman–Crippen LogP) is 2.71. The summed E-state index contributed by atoms with van der Waals surface area (Å²) in [4.78, 5) is 4.62. The van der Waals surface area contributed by atoms with Crippen LogP contribution in [0.3, 0.4) is 0 Å². The first-order valence-corrected chi connectivity index (χ1v) is 6.35. The topological polar surface area (TPSA) is 34.2 Å². The number of methoxy groups -OCH3 is 1. The van der Waals surface area contributed by atoms with Crippen molar-refractivity contribution in [3.05, 3.63) is 29.6 Å². The lowest BCUT2D eigenvalue weighted by atomic mass is 9.95. The molecule has 17 heavy (non-hydrogen) atoms. The monoisotopic (exact) mass is 236 g/mol. The van der Waals surface area contributed by atoms with Crippen LogP contribution in [0.15, 0.2) is 18.2 Å². The minimum Gasteiger partial charge on any atom is -0.385 e. The molecular formula is C14H24N2O. The predicted molar refractivity (Wildman–Crippen MR) is 71.0 cm³/mol. The maximum atomic E-state index is 5.15. The fraction of sp³-hybridized carbons (Fsp3) is 0.643. The molecule has 0 spiro atoms. The van der Waals surface area contributed by atoms with Gasteiger partial charge in [-0.1, -0.05) is 19.9 Å². The SMILES string of the molecule is CCNC(c1cccc(C)n1)C(C)CCOC. The molecule has 2 unspecified atom stereocenters. The minimum atomic E-state index is 0.315. The van der Waals surface area contributed by atoms with Crippen LogP contribution in [0.2, 0.25) is 0 Å². The van der Waals surface area contributed by atoms with Gasteiger partial charge >= 0.3 is 0 Å². The molecule has 96 valence electrons. The number of aromatic nitrogens is 1. The van der Waals surface area contributed by atoms with Gasteiger partial charge in [-0.3, -0.25) is 4.98 Å². The number of hydrogen-bond acceptors (Lipinski definition) is 3. The van der Waals surface area contributed by atoms with E-state index in [2.05, 4.69) is 36.3 Å². The molecule has 1 rings (SSSR count). The number of pyridine rings is 1. The van der Waals surface area contributed by atoms with E-state index < -0.39 is 0 Å². The Hall–Kier alpha value is -0.930. The average Bonchev–Trinajstić information content (AvgIpc) is 2.33. The highest BCUT2D eigenvalue weighted by molar-refractivity contribution is 5.14. The highest BCUT2D eigenvalue weighted by atomic mass is 16.5. The Morgan fingerprint density at radius 1 is 1.41 bits per heavy atom. The van der Waals surface area contributed by atoms with Crippen LogP contribution in [0.4, 0.5) is 0 Å². The van der Waals surface area contributed by atoms with Crippen LogP contribution in [-0.2, 0) is 4.74 Å². The summed E-state index contributed by atoms with van der Waals surface area (Å²) in [7, 11) is 1.75. The van der Waals surface area contributed by atoms with Gasteiger partial charge in [0.05, 0.1) is 11.7 Å². The van der Waals surface area contributed by atoms with Gasteiger partial charge < -0.3 is 10.1 Å². The lowest BCUT2D eigenvalue weighted by molar-refractivity contribution is 0.170. The molecule has 1 heterocycles. The third kappa shape index (κ3) is 4.44. The summed E-state index contributed by atoms with van der Waals surface area (Å²) in [6.07, 6.45) is 1.05. The molecule has 1 N–H and O–H groups in total. The molecule has 0 radical (unpaired) electrons. The highest BCUT2D eigenvalue weighted by Crippen LogP contribution is 2.23. The number of aryl methyl sites for hydroxylation is 1. The molecule has 0 aliphatic rings. The number of rotatable bonds is 7. The van der Waals surface area contributed by atoms with Gasteiger partial charge in [-0.2, -0.15) is 0 Å². The second-order valence-corrected chi connectivity index (χ2v) is 4.50. The minimum absolute atomic E-state index is 0.315. The zero-order chi connectivity index (χ0) is 12.7. The Morgan fingerprint density at radius 3 is 2.76 bits per heavy atom. The van der Waals surface area contributed by atoms with Gasteiger partial charge in [0.25, 0.3) is 0 Å². The molecule has 0 aliphatic carbocycles. The van der Waals surface area contributed by atoms with E-state index in [0.717, 1.165) is 31.0 Å². The Balaban J connectivity index is 2.77. The summed E-state index contributed by atoms with van der Waals surface area (Å²) in [6.45, 7) is 8.17. The van der Waals surface area contributed by atoms with Crippen molar-refractivity contribution >= 4 is 0 Å². The van der Waals surface area contributed by atoms with Gasteiger partial charge in [-0.05, 0) is 37.9 Å². The molecule has 0 aliphatic heterocycles. The first-order chi connectivity index (χ1) is 8.19. The summed E-state index contributed by atoms with van der Waals surface area (Å²) in [5.41, 5.74) is 2.21. The third-order valence-electron chi connectivity index (χ3n) is 3.00. The van der Waals surface area contributed by atoms with Gasteiger partial charge in [-0.15, -0.1) is 0 Å². The Labute approximate surface area is 105 Å². The molecule has 0 saturated heterocycles. The second-order valence-electron chi connectivity index (χ2n) is 4.50. The van der Waals surface area contributed by atoms with E-state index in [-0.39, 0.29) is 0 Å². The summed E-state index contributed by atoms with van der Waals surface area (Å²) < 4.78 is 5.15. The van der Waals surface area contributed by atoms with Crippen molar-refractivity contribution in [1.29, 1.82) is 0 Å². The van der Waals surface area contributed by atoms with E-state index >= 15 is 0 Å². The molecule has 1 aromatic heterocycles. The van der Waals surface area contributed by atoms with Gasteiger partial charge in [0.1, 0.15) is 0 Å². The van der Waals surface area contributed by atoms with Crippen LogP contribution in [0.25, 0.3) is 0 Å². The largest absolute Gasteiger partial charge is 0.385 e. The Bertz CT molecular complexity index is 328. The van der Waals surface area contributed by atoms with E-state index in [4.69, 9.17) is 4.74 Å². The van der Waals surface area contributed by atoms with Crippen LogP contribution < -0.4 is 5.32 Å². The van der Waals surface area contributed by atoms with Crippen molar-refractivity contribution in [2.24, 2.45) is 5.92 Å². The standard InChI is InChI=1S/C14H24N2O/c1-5-15-14(11(2)9-10-17-4)13-8-6-7-12(3)16-13/h6-8,11,14-15H,5,9-10H2,1-4H3. The summed E-state index contributed by atoms with van der Waals surface area (Å²) in [6, 6.07) is 6.52. The molecule has 3 nitrogen and oxygen atoms in total. The molecule has 0 bridgehead atoms. The van der Waals surface area contributed by atoms with Gasteiger partial charge in [0, 0.05) is 19.4 Å². The van der Waals surface area contributed by atoms with E-state index in [1.54, 1.807) is 7.11 Å². The normalized spacial score (nSPS) is 14.6. The maximum Gasteiger partial charge on any atom is 0.0579 e. The van der Waals surface area contributed by atoms with Crippen molar-refractivity contribution in [3.8, 4) is 0 Å². The van der Waals surface area contributed by atoms with Crippen molar-refractivity contribution in [1.82, 2.24) is 10.3 Å². The number of nitrogens with zero attached hydrogens (tertiary/aromatic N) is 1. The van der Waals surface area contributed by atoms with E-state index in [1.807, 2.05) is 13.0 Å². The molecule has 2 atom stereocenters. The summed E-state index contributed by atoms with van der Waals surface area (Å²) in [5.74, 6) is 0.518. The van der Waals surface area contributed by atoms with Crippen molar-refractivity contribution in [2.75, 3.05) is 20.3 Å². The second kappa shape index (κ2) is 7.41. The Kier molecular flexibility index (Phi) is 6.16. The first kappa shape index (κ1) is 14.1. The van der Waals surface area contributed by atoms with Gasteiger partial charge in [-0.25, -0.2) is 0 Å². The van der Waals surface area contributed by atoms with Gasteiger partial charge in [0.2, 0.25) is 0 Å². The van der Waals surface area contributed by atoms with Crippen LogP contribution in [0.5, 0.6) is 0 Å². The zero-order valence-electron chi connectivity index (χ0n) is 11.4. The number of hydrogen-bond donors (Lipinski definition) is 1. The first-order valence-electron chi connectivity index (χ1n) is 6.35. The van der Waals surface area contributed by atoms with Crippen molar-refractivity contribution in [2.45, 2.75) is 33.2 Å². The molecular weight excluding hydrogens is 212 g/mol. The lowest BCUT2D eigenvalue weighted by Crippen LogP contribution is -2.28. The van der Waals surface area contributed by atoms with Crippen molar-refractivity contribution < 1.29 is 4.74 Å². The van der Waals surface area contributed by atoms with Crippen molar-refractivity contribution in [3.63, 3.8) is 0 Å².